The molecule has 4 rings (SSSR count). The molecule has 0 bridgehead atoms. The molecule has 0 radical (unpaired) electrons. The summed E-state index contributed by atoms with van der Waals surface area (Å²) in [5.41, 5.74) is 5.25. The minimum absolute atomic E-state index is 0.143. The predicted octanol–water partition coefficient (Wildman–Crippen LogP) is 6.25. The van der Waals surface area contributed by atoms with Crippen LogP contribution in [0.25, 0.3) is 0 Å². The Labute approximate surface area is 231 Å². The van der Waals surface area contributed by atoms with Crippen LogP contribution in [0.1, 0.15) is 47.7 Å². The van der Waals surface area contributed by atoms with Crippen molar-refractivity contribution in [1.29, 1.82) is 0 Å². The number of nitrogens with one attached hydrogen (secondary N) is 3. The third-order valence-electron chi connectivity index (χ3n) is 7.09. The van der Waals surface area contributed by atoms with Gasteiger partial charge in [-0.15, -0.1) is 0 Å². The number of carbonyl (C=O) groups is 2. The number of carbonyl (C=O) groups excluding carboxylic acids is 2. The summed E-state index contributed by atoms with van der Waals surface area (Å²) in [5.74, 6) is 0.487. The van der Waals surface area contributed by atoms with Gasteiger partial charge in [-0.1, -0.05) is 48.0 Å². The van der Waals surface area contributed by atoms with Crippen LogP contribution in [0, 0.1) is 12.8 Å². The Morgan fingerprint density at radius 3 is 2.33 bits per heavy atom. The van der Waals surface area contributed by atoms with Crippen LogP contribution in [-0.2, 0) is 11.2 Å². The van der Waals surface area contributed by atoms with Gasteiger partial charge in [-0.3, -0.25) is 4.79 Å². The van der Waals surface area contributed by atoms with E-state index in [0.717, 1.165) is 50.0 Å². The Morgan fingerprint density at radius 2 is 1.62 bits per heavy atom. The lowest BCUT2D eigenvalue weighted by Gasteiger charge is -2.35. The van der Waals surface area contributed by atoms with E-state index >= 15 is 0 Å². The van der Waals surface area contributed by atoms with Gasteiger partial charge in [0.25, 0.3) is 5.91 Å². The van der Waals surface area contributed by atoms with E-state index in [1.54, 1.807) is 6.07 Å². The fourth-order valence-corrected chi connectivity index (χ4v) is 4.94. The molecular weight excluding hydrogens is 488 g/mol. The second kappa shape index (κ2) is 14.4. The maximum absolute atomic E-state index is 13.3. The number of anilines is 3. The molecule has 0 saturated carbocycles. The smallest absolute Gasteiger partial charge is 0.323 e. The SMILES string of the molecule is CCOCCCNC(=O)c1cc(NC(=O)Nc2ccc(C)cc2)ccc1N1CCC(Cc2ccccc2)CC1. The first-order chi connectivity index (χ1) is 19.0. The molecule has 3 N–H and O–H groups in total. The molecule has 1 heterocycles. The van der Waals surface area contributed by atoms with Gasteiger partial charge >= 0.3 is 6.03 Å². The summed E-state index contributed by atoms with van der Waals surface area (Å²) in [6.45, 7) is 7.55. The van der Waals surface area contributed by atoms with Crippen LogP contribution < -0.4 is 20.9 Å². The van der Waals surface area contributed by atoms with Gasteiger partial charge in [0.2, 0.25) is 0 Å². The monoisotopic (exact) mass is 528 g/mol. The van der Waals surface area contributed by atoms with Crippen molar-refractivity contribution in [3.8, 4) is 0 Å². The van der Waals surface area contributed by atoms with Gasteiger partial charge in [-0.05, 0) is 81.3 Å². The van der Waals surface area contributed by atoms with E-state index in [0.29, 0.717) is 42.6 Å². The van der Waals surface area contributed by atoms with Gasteiger partial charge in [-0.2, -0.15) is 0 Å². The van der Waals surface area contributed by atoms with Crippen molar-refractivity contribution in [3.05, 3.63) is 89.5 Å². The molecule has 7 heteroatoms. The second-order valence-electron chi connectivity index (χ2n) is 10.1. The van der Waals surface area contributed by atoms with E-state index in [2.05, 4.69) is 51.2 Å². The quantitative estimate of drug-likeness (QED) is 0.257. The fraction of sp³-hybridized carbons (Fsp3) is 0.375. The number of hydrogen-bond donors (Lipinski definition) is 3. The lowest BCUT2D eigenvalue weighted by atomic mass is 9.89. The lowest BCUT2D eigenvalue weighted by Crippen LogP contribution is -2.36. The zero-order valence-electron chi connectivity index (χ0n) is 23.0. The van der Waals surface area contributed by atoms with Crippen LogP contribution in [0.3, 0.4) is 0 Å². The summed E-state index contributed by atoms with van der Waals surface area (Å²) in [6, 6.07) is 23.5. The van der Waals surface area contributed by atoms with Crippen molar-refractivity contribution in [2.45, 2.75) is 39.5 Å². The maximum Gasteiger partial charge on any atom is 0.323 e. The minimum Gasteiger partial charge on any atom is -0.382 e. The highest BCUT2D eigenvalue weighted by Gasteiger charge is 2.24. The third-order valence-corrected chi connectivity index (χ3v) is 7.09. The highest BCUT2D eigenvalue weighted by Crippen LogP contribution is 2.30. The molecule has 1 aliphatic heterocycles. The summed E-state index contributed by atoms with van der Waals surface area (Å²) < 4.78 is 5.40. The number of rotatable bonds is 11. The Morgan fingerprint density at radius 1 is 0.923 bits per heavy atom. The van der Waals surface area contributed by atoms with E-state index in [9.17, 15) is 9.59 Å². The van der Waals surface area contributed by atoms with E-state index in [-0.39, 0.29) is 11.9 Å². The molecule has 1 aliphatic rings. The largest absolute Gasteiger partial charge is 0.382 e. The number of benzene rings is 3. The normalized spacial score (nSPS) is 13.6. The molecule has 3 aromatic rings. The van der Waals surface area contributed by atoms with Crippen LogP contribution in [0.15, 0.2) is 72.8 Å². The molecule has 3 amide bonds. The summed E-state index contributed by atoms with van der Waals surface area (Å²) in [4.78, 5) is 28.2. The van der Waals surface area contributed by atoms with Gasteiger partial charge in [0.1, 0.15) is 0 Å². The first-order valence-electron chi connectivity index (χ1n) is 14.0. The average Bonchev–Trinajstić information content (AvgIpc) is 2.95. The van der Waals surface area contributed by atoms with Crippen molar-refractivity contribution >= 4 is 29.0 Å². The molecule has 7 nitrogen and oxygen atoms in total. The number of hydrogen-bond acceptors (Lipinski definition) is 4. The highest BCUT2D eigenvalue weighted by molar-refractivity contribution is 6.04. The molecule has 0 spiro atoms. The molecule has 3 aromatic carbocycles. The summed E-state index contributed by atoms with van der Waals surface area (Å²) in [6.07, 6.45) is 3.98. The Kier molecular flexibility index (Phi) is 10.4. The van der Waals surface area contributed by atoms with Crippen molar-refractivity contribution < 1.29 is 14.3 Å². The molecule has 39 heavy (non-hydrogen) atoms. The van der Waals surface area contributed by atoms with Gasteiger partial charge < -0.3 is 25.6 Å². The lowest BCUT2D eigenvalue weighted by molar-refractivity contribution is 0.0944. The zero-order chi connectivity index (χ0) is 27.5. The van der Waals surface area contributed by atoms with Crippen molar-refractivity contribution in [3.63, 3.8) is 0 Å². The van der Waals surface area contributed by atoms with E-state index in [4.69, 9.17) is 4.74 Å². The standard InChI is InChI=1S/C32H40N4O3/c1-3-39-21-7-18-33-31(37)29-23-28(35-32(38)34-27-12-10-24(2)11-13-27)14-15-30(29)36-19-16-26(17-20-36)22-25-8-5-4-6-9-25/h4-6,8-15,23,26H,3,7,16-22H2,1-2H3,(H,33,37)(H2,34,35,38). The van der Waals surface area contributed by atoms with Crippen LogP contribution in [0.5, 0.6) is 0 Å². The van der Waals surface area contributed by atoms with Gasteiger partial charge in [0, 0.05) is 49.9 Å². The number of aryl methyl sites for hydroxylation is 1. The molecule has 0 aliphatic carbocycles. The third kappa shape index (κ3) is 8.58. The average molecular weight is 529 g/mol. The van der Waals surface area contributed by atoms with Crippen LogP contribution in [-0.4, -0.2) is 44.8 Å². The van der Waals surface area contributed by atoms with Crippen LogP contribution >= 0.6 is 0 Å². The van der Waals surface area contributed by atoms with Gasteiger partial charge in [-0.25, -0.2) is 4.79 Å². The van der Waals surface area contributed by atoms with Crippen molar-refractivity contribution in [1.82, 2.24) is 5.32 Å². The number of nitrogens with zero attached hydrogens (tertiary/aromatic N) is 1. The van der Waals surface area contributed by atoms with Crippen LogP contribution in [0.4, 0.5) is 21.9 Å². The first-order valence-corrected chi connectivity index (χ1v) is 14.0. The molecule has 0 aromatic heterocycles. The Bertz CT molecular complexity index is 1210. The molecule has 1 fully saturated rings. The molecule has 1 saturated heterocycles. The number of urea groups is 1. The fourth-order valence-electron chi connectivity index (χ4n) is 4.94. The van der Waals surface area contributed by atoms with E-state index < -0.39 is 0 Å². The first kappa shape index (κ1) is 28.2. The zero-order valence-corrected chi connectivity index (χ0v) is 23.0. The second-order valence-corrected chi connectivity index (χ2v) is 10.1. The van der Waals surface area contributed by atoms with E-state index in [1.165, 1.54) is 5.56 Å². The topological polar surface area (TPSA) is 82.7 Å². The number of piperidine rings is 1. The summed E-state index contributed by atoms with van der Waals surface area (Å²) in [7, 11) is 0. The molecular formula is C32H40N4O3. The number of ether oxygens (including phenoxy) is 1. The van der Waals surface area contributed by atoms with Crippen LogP contribution in [0.2, 0.25) is 0 Å². The molecule has 0 atom stereocenters. The minimum atomic E-state index is -0.351. The Hall–Kier alpha value is -3.84. The summed E-state index contributed by atoms with van der Waals surface area (Å²) >= 11 is 0. The predicted molar refractivity (Wildman–Crippen MR) is 159 cm³/mol. The highest BCUT2D eigenvalue weighted by atomic mass is 16.5. The maximum atomic E-state index is 13.3. The Balaban J connectivity index is 1.43. The van der Waals surface area contributed by atoms with Crippen molar-refractivity contribution in [2.75, 3.05) is 48.4 Å². The molecule has 206 valence electrons. The van der Waals surface area contributed by atoms with Crippen molar-refractivity contribution in [2.24, 2.45) is 5.92 Å². The van der Waals surface area contributed by atoms with Gasteiger partial charge in [0.05, 0.1) is 5.56 Å². The van der Waals surface area contributed by atoms with E-state index in [1.807, 2.05) is 50.2 Å². The van der Waals surface area contributed by atoms with Gasteiger partial charge in [0.15, 0.2) is 0 Å². The molecule has 0 unspecified atom stereocenters. The summed E-state index contributed by atoms with van der Waals surface area (Å²) in [5, 5.41) is 8.76. The number of amides is 3.